The van der Waals surface area contributed by atoms with Gasteiger partial charge in [0.2, 0.25) is 0 Å². The predicted molar refractivity (Wildman–Crippen MR) is 60.0 cm³/mol. The molecule has 1 unspecified atom stereocenters. The molecule has 1 N–H and O–H groups in total. The zero-order chi connectivity index (χ0) is 11.4. The highest BCUT2D eigenvalue weighted by molar-refractivity contribution is 5.81. The van der Waals surface area contributed by atoms with Crippen LogP contribution in [0.3, 0.4) is 0 Å². The van der Waals surface area contributed by atoms with Gasteiger partial charge in [-0.3, -0.25) is 4.79 Å². The van der Waals surface area contributed by atoms with Crippen LogP contribution in [0, 0.1) is 0 Å². The highest BCUT2D eigenvalue weighted by atomic mass is 16.5. The van der Waals surface area contributed by atoms with Crippen LogP contribution in [0.4, 0.5) is 0 Å². The standard InChI is InChI=1S/C12H21NO3/c14-8-6-10-4-1-2-7-13(10)12(15)11-5-3-9-16-11/h10-11,14H,1-9H2/t10?,11-/m0/s1. The number of aliphatic hydroxyl groups excluding tert-OH is 1. The first-order valence-corrected chi connectivity index (χ1v) is 6.36. The summed E-state index contributed by atoms with van der Waals surface area (Å²) in [7, 11) is 0. The number of amides is 1. The van der Waals surface area contributed by atoms with Gasteiger partial charge in [0.1, 0.15) is 6.10 Å². The zero-order valence-electron chi connectivity index (χ0n) is 9.73. The lowest BCUT2D eigenvalue weighted by molar-refractivity contribution is -0.145. The van der Waals surface area contributed by atoms with Crippen molar-refractivity contribution in [2.75, 3.05) is 19.8 Å². The summed E-state index contributed by atoms with van der Waals surface area (Å²) in [5, 5.41) is 9.01. The number of likely N-dealkylation sites (tertiary alicyclic amines) is 1. The van der Waals surface area contributed by atoms with Crippen molar-refractivity contribution < 1.29 is 14.6 Å². The van der Waals surface area contributed by atoms with Crippen LogP contribution in [0.1, 0.15) is 38.5 Å². The third-order valence-electron chi connectivity index (χ3n) is 3.58. The number of ether oxygens (including phenoxy) is 1. The molecule has 0 spiro atoms. The first kappa shape index (κ1) is 11.9. The molecular formula is C12H21NO3. The summed E-state index contributed by atoms with van der Waals surface area (Å²) in [6.07, 6.45) is 5.63. The molecule has 1 amide bonds. The van der Waals surface area contributed by atoms with Gasteiger partial charge in [-0.25, -0.2) is 0 Å². The van der Waals surface area contributed by atoms with Gasteiger partial charge in [0.15, 0.2) is 0 Å². The average molecular weight is 227 g/mol. The summed E-state index contributed by atoms with van der Waals surface area (Å²) in [6.45, 7) is 1.72. The highest BCUT2D eigenvalue weighted by Crippen LogP contribution is 2.23. The maximum atomic E-state index is 12.2. The zero-order valence-corrected chi connectivity index (χ0v) is 9.73. The van der Waals surface area contributed by atoms with E-state index in [1.165, 1.54) is 6.42 Å². The molecule has 2 atom stereocenters. The van der Waals surface area contributed by atoms with Crippen molar-refractivity contribution in [2.24, 2.45) is 0 Å². The Morgan fingerprint density at radius 1 is 1.31 bits per heavy atom. The lowest BCUT2D eigenvalue weighted by Crippen LogP contribution is -2.48. The van der Waals surface area contributed by atoms with Crippen LogP contribution in [0.5, 0.6) is 0 Å². The minimum atomic E-state index is -0.209. The van der Waals surface area contributed by atoms with E-state index in [2.05, 4.69) is 0 Å². The topological polar surface area (TPSA) is 49.8 Å². The van der Waals surface area contributed by atoms with E-state index in [0.717, 1.165) is 38.8 Å². The van der Waals surface area contributed by atoms with Crippen molar-refractivity contribution in [3.8, 4) is 0 Å². The molecule has 16 heavy (non-hydrogen) atoms. The fraction of sp³-hybridized carbons (Fsp3) is 0.917. The normalized spacial score (nSPS) is 30.7. The molecule has 2 rings (SSSR count). The van der Waals surface area contributed by atoms with E-state index < -0.39 is 0 Å². The Hall–Kier alpha value is -0.610. The van der Waals surface area contributed by atoms with Gasteiger partial charge in [-0.1, -0.05) is 0 Å². The summed E-state index contributed by atoms with van der Waals surface area (Å²) in [5.41, 5.74) is 0. The van der Waals surface area contributed by atoms with Gasteiger partial charge in [0.05, 0.1) is 0 Å². The Labute approximate surface area is 96.6 Å². The number of rotatable bonds is 3. The van der Waals surface area contributed by atoms with Gasteiger partial charge in [0, 0.05) is 25.8 Å². The van der Waals surface area contributed by atoms with E-state index in [9.17, 15) is 4.79 Å². The maximum absolute atomic E-state index is 12.2. The van der Waals surface area contributed by atoms with Crippen LogP contribution < -0.4 is 0 Å². The third-order valence-corrected chi connectivity index (χ3v) is 3.58. The molecule has 2 heterocycles. The Balaban J connectivity index is 1.95. The predicted octanol–water partition coefficient (Wildman–Crippen LogP) is 0.929. The molecule has 0 aromatic heterocycles. The number of aliphatic hydroxyl groups is 1. The van der Waals surface area contributed by atoms with Crippen molar-refractivity contribution in [3.05, 3.63) is 0 Å². The van der Waals surface area contributed by atoms with Crippen molar-refractivity contribution in [2.45, 2.75) is 50.7 Å². The van der Waals surface area contributed by atoms with E-state index in [1.807, 2.05) is 4.90 Å². The molecule has 2 saturated heterocycles. The largest absolute Gasteiger partial charge is 0.396 e. The molecule has 0 aromatic carbocycles. The molecule has 4 heteroatoms. The molecule has 2 aliphatic heterocycles. The molecule has 0 radical (unpaired) electrons. The second-order valence-electron chi connectivity index (χ2n) is 4.70. The van der Waals surface area contributed by atoms with Gasteiger partial charge in [-0.05, 0) is 38.5 Å². The van der Waals surface area contributed by atoms with Gasteiger partial charge >= 0.3 is 0 Å². The number of carbonyl (C=O) groups excluding carboxylic acids is 1. The van der Waals surface area contributed by atoms with Crippen LogP contribution in [0.25, 0.3) is 0 Å². The smallest absolute Gasteiger partial charge is 0.251 e. The number of piperidine rings is 1. The number of hydrogen-bond acceptors (Lipinski definition) is 3. The molecule has 0 aromatic rings. The number of hydrogen-bond donors (Lipinski definition) is 1. The summed E-state index contributed by atoms with van der Waals surface area (Å²) >= 11 is 0. The van der Waals surface area contributed by atoms with E-state index >= 15 is 0 Å². The van der Waals surface area contributed by atoms with Crippen molar-refractivity contribution in [3.63, 3.8) is 0 Å². The molecule has 92 valence electrons. The minimum absolute atomic E-state index is 0.149. The summed E-state index contributed by atoms with van der Waals surface area (Å²) in [6, 6.07) is 0.232. The van der Waals surface area contributed by atoms with Crippen LogP contribution >= 0.6 is 0 Å². The van der Waals surface area contributed by atoms with E-state index in [0.29, 0.717) is 6.42 Å². The van der Waals surface area contributed by atoms with Crippen molar-refractivity contribution in [1.82, 2.24) is 4.90 Å². The van der Waals surface area contributed by atoms with E-state index in [-0.39, 0.29) is 24.7 Å². The highest BCUT2D eigenvalue weighted by Gasteiger charge is 2.33. The monoisotopic (exact) mass is 227 g/mol. The first-order chi connectivity index (χ1) is 7.83. The lowest BCUT2D eigenvalue weighted by Gasteiger charge is -2.36. The average Bonchev–Trinajstić information content (AvgIpc) is 2.83. The molecule has 4 nitrogen and oxygen atoms in total. The fourth-order valence-corrected chi connectivity index (χ4v) is 2.70. The molecule has 0 aliphatic carbocycles. The lowest BCUT2D eigenvalue weighted by atomic mass is 9.98. The third kappa shape index (κ3) is 2.55. The summed E-state index contributed by atoms with van der Waals surface area (Å²) in [4.78, 5) is 14.1. The molecule has 0 saturated carbocycles. The van der Waals surface area contributed by atoms with Gasteiger partial charge in [-0.15, -0.1) is 0 Å². The summed E-state index contributed by atoms with van der Waals surface area (Å²) in [5.74, 6) is 0.149. The van der Waals surface area contributed by atoms with Crippen LogP contribution in [-0.4, -0.2) is 47.8 Å². The maximum Gasteiger partial charge on any atom is 0.251 e. The van der Waals surface area contributed by atoms with Gasteiger partial charge in [-0.2, -0.15) is 0 Å². The van der Waals surface area contributed by atoms with Crippen LogP contribution in [-0.2, 0) is 9.53 Å². The SMILES string of the molecule is O=C([C@@H]1CCCO1)N1CCCCC1CCO. The van der Waals surface area contributed by atoms with Gasteiger partial charge < -0.3 is 14.7 Å². The van der Waals surface area contributed by atoms with Crippen LogP contribution in [0.2, 0.25) is 0 Å². The van der Waals surface area contributed by atoms with E-state index in [4.69, 9.17) is 9.84 Å². The second kappa shape index (κ2) is 5.64. The Bertz CT molecular complexity index is 236. The summed E-state index contributed by atoms with van der Waals surface area (Å²) < 4.78 is 5.44. The van der Waals surface area contributed by atoms with Crippen LogP contribution in [0.15, 0.2) is 0 Å². The van der Waals surface area contributed by atoms with Crippen molar-refractivity contribution in [1.29, 1.82) is 0 Å². The number of carbonyl (C=O) groups is 1. The first-order valence-electron chi connectivity index (χ1n) is 6.36. The van der Waals surface area contributed by atoms with E-state index in [1.54, 1.807) is 0 Å². The Morgan fingerprint density at radius 3 is 2.88 bits per heavy atom. The molecular weight excluding hydrogens is 206 g/mol. The second-order valence-corrected chi connectivity index (χ2v) is 4.70. The quantitative estimate of drug-likeness (QED) is 0.780. The molecule has 2 fully saturated rings. The fourth-order valence-electron chi connectivity index (χ4n) is 2.70. The Kier molecular flexibility index (Phi) is 4.18. The van der Waals surface area contributed by atoms with Gasteiger partial charge in [0.25, 0.3) is 5.91 Å². The minimum Gasteiger partial charge on any atom is -0.396 e. The van der Waals surface area contributed by atoms with Crippen molar-refractivity contribution >= 4 is 5.91 Å². The Morgan fingerprint density at radius 2 is 2.19 bits per heavy atom. The number of nitrogens with zero attached hydrogens (tertiary/aromatic N) is 1. The molecule has 2 aliphatic rings. The molecule has 0 bridgehead atoms.